The molecule has 0 spiro atoms. The Morgan fingerprint density at radius 2 is 2.05 bits per heavy atom. The molecule has 2 nitrogen and oxygen atoms in total. The second-order valence-electron chi connectivity index (χ2n) is 4.29. The summed E-state index contributed by atoms with van der Waals surface area (Å²) in [7, 11) is 0. The van der Waals surface area contributed by atoms with Crippen molar-refractivity contribution in [3.05, 3.63) is 51.9 Å². The molecule has 0 unspecified atom stereocenters. The van der Waals surface area contributed by atoms with Gasteiger partial charge in [-0.15, -0.1) is 11.3 Å². The Balaban J connectivity index is 2.41. The number of benzene rings is 1. The van der Waals surface area contributed by atoms with Crippen molar-refractivity contribution in [1.29, 1.82) is 0 Å². The largest absolute Gasteiger partial charge is 0.478 e. The Kier molecular flexibility index (Phi) is 4.08. The van der Waals surface area contributed by atoms with Gasteiger partial charge in [-0.05, 0) is 54.8 Å². The van der Waals surface area contributed by atoms with E-state index in [-0.39, 0.29) is 0 Å². The molecule has 0 saturated carbocycles. The summed E-state index contributed by atoms with van der Waals surface area (Å²) < 4.78 is 0. The first-order chi connectivity index (χ1) is 8.97. The number of carboxylic acid groups (broad SMARTS) is 1. The third-order valence-corrected chi connectivity index (χ3v) is 4.29. The zero-order valence-corrected chi connectivity index (χ0v) is 12.2. The van der Waals surface area contributed by atoms with Crippen LogP contribution in [0.4, 0.5) is 0 Å². The van der Waals surface area contributed by atoms with E-state index in [2.05, 4.69) is 0 Å². The molecule has 1 aromatic carbocycles. The minimum absolute atomic E-state index is 0.702. The lowest BCUT2D eigenvalue weighted by Crippen LogP contribution is -1.88. The van der Waals surface area contributed by atoms with Crippen LogP contribution in [0.3, 0.4) is 0 Å². The van der Waals surface area contributed by atoms with Gasteiger partial charge in [-0.2, -0.15) is 0 Å². The number of carboxylic acids is 1. The Morgan fingerprint density at radius 3 is 2.74 bits per heavy atom. The normalized spacial score (nSPS) is 11.6. The topological polar surface area (TPSA) is 37.3 Å². The van der Waals surface area contributed by atoms with Gasteiger partial charge in [0.15, 0.2) is 0 Å². The van der Waals surface area contributed by atoms with Gasteiger partial charge in [0, 0.05) is 20.9 Å². The van der Waals surface area contributed by atoms with Crippen molar-refractivity contribution in [3.8, 4) is 10.4 Å². The average Bonchev–Trinajstić information content (AvgIpc) is 2.80. The second kappa shape index (κ2) is 5.59. The van der Waals surface area contributed by atoms with Crippen LogP contribution in [0.5, 0.6) is 0 Å². The highest BCUT2D eigenvalue weighted by Crippen LogP contribution is 2.34. The first kappa shape index (κ1) is 13.8. The summed E-state index contributed by atoms with van der Waals surface area (Å²) in [4.78, 5) is 12.7. The maximum absolute atomic E-state index is 10.7. The van der Waals surface area contributed by atoms with E-state index < -0.39 is 5.97 Å². The summed E-state index contributed by atoms with van der Waals surface area (Å²) in [5.41, 5.74) is 2.99. The van der Waals surface area contributed by atoms with Gasteiger partial charge in [0.05, 0.1) is 0 Å². The van der Waals surface area contributed by atoms with Crippen molar-refractivity contribution in [2.24, 2.45) is 0 Å². The van der Waals surface area contributed by atoms with Crippen molar-refractivity contribution in [3.63, 3.8) is 0 Å². The molecular formula is C15H13ClO2S. The number of halogens is 1. The highest BCUT2D eigenvalue weighted by molar-refractivity contribution is 7.16. The van der Waals surface area contributed by atoms with Crippen LogP contribution in [-0.4, -0.2) is 11.1 Å². The predicted octanol–water partition coefficient (Wildman–Crippen LogP) is 4.86. The molecule has 1 N–H and O–H groups in total. The van der Waals surface area contributed by atoms with Crippen LogP contribution in [0.1, 0.15) is 17.4 Å². The van der Waals surface area contributed by atoms with Gasteiger partial charge in [0.25, 0.3) is 0 Å². The van der Waals surface area contributed by atoms with E-state index >= 15 is 0 Å². The van der Waals surface area contributed by atoms with E-state index in [1.54, 1.807) is 18.3 Å². The molecule has 0 aliphatic rings. The molecule has 0 saturated heterocycles. The van der Waals surface area contributed by atoms with Crippen LogP contribution < -0.4 is 0 Å². The Morgan fingerprint density at radius 1 is 1.32 bits per heavy atom. The fraction of sp³-hybridized carbons (Fsp3) is 0.133. The van der Waals surface area contributed by atoms with Crippen molar-refractivity contribution in [1.82, 2.24) is 0 Å². The van der Waals surface area contributed by atoms with Gasteiger partial charge in [-0.3, -0.25) is 0 Å². The molecule has 2 rings (SSSR count). The summed E-state index contributed by atoms with van der Waals surface area (Å²) in [5.74, 6) is -0.925. The molecule has 0 aliphatic heterocycles. The highest BCUT2D eigenvalue weighted by Gasteiger charge is 2.08. The van der Waals surface area contributed by atoms with Crippen LogP contribution in [0.2, 0.25) is 5.02 Å². The number of hydrogen-bond acceptors (Lipinski definition) is 2. The van der Waals surface area contributed by atoms with E-state index in [1.807, 2.05) is 37.3 Å². The zero-order valence-electron chi connectivity index (χ0n) is 10.6. The van der Waals surface area contributed by atoms with Crippen LogP contribution >= 0.6 is 22.9 Å². The highest BCUT2D eigenvalue weighted by atomic mass is 35.5. The van der Waals surface area contributed by atoms with Gasteiger partial charge >= 0.3 is 5.97 Å². The fourth-order valence-electron chi connectivity index (χ4n) is 1.81. The van der Waals surface area contributed by atoms with Crippen LogP contribution in [0, 0.1) is 6.92 Å². The maximum Gasteiger partial charge on any atom is 0.328 e. The fourth-order valence-corrected chi connectivity index (χ4v) is 3.04. The minimum atomic E-state index is -0.925. The van der Waals surface area contributed by atoms with Gasteiger partial charge in [-0.25, -0.2) is 4.79 Å². The Hall–Kier alpha value is -1.58. The number of carbonyl (C=O) groups is 1. The first-order valence-corrected chi connectivity index (χ1v) is 6.95. The molecule has 0 radical (unpaired) electrons. The summed E-state index contributed by atoms with van der Waals surface area (Å²) in [5, 5.41) is 9.46. The van der Waals surface area contributed by atoms with E-state index in [0.717, 1.165) is 26.5 Å². The van der Waals surface area contributed by atoms with E-state index in [0.29, 0.717) is 5.02 Å². The van der Waals surface area contributed by atoms with E-state index in [9.17, 15) is 4.79 Å². The third-order valence-electron chi connectivity index (χ3n) is 2.80. The van der Waals surface area contributed by atoms with Crippen molar-refractivity contribution in [2.75, 3.05) is 0 Å². The molecule has 0 fully saturated rings. The molecule has 0 bridgehead atoms. The van der Waals surface area contributed by atoms with Crippen LogP contribution in [0.25, 0.3) is 16.0 Å². The molecule has 1 aromatic heterocycles. The smallest absolute Gasteiger partial charge is 0.328 e. The lowest BCUT2D eigenvalue weighted by molar-refractivity contribution is -0.131. The molecule has 2 aromatic rings. The lowest BCUT2D eigenvalue weighted by atomic mass is 10.1. The Bertz CT molecular complexity index is 656. The van der Waals surface area contributed by atoms with Crippen molar-refractivity contribution in [2.45, 2.75) is 13.8 Å². The van der Waals surface area contributed by atoms with Crippen LogP contribution in [0.15, 0.2) is 36.4 Å². The third kappa shape index (κ3) is 3.25. The number of aryl methyl sites for hydroxylation is 1. The number of allylic oxidation sites excluding steroid dienone is 1. The van der Waals surface area contributed by atoms with Crippen LogP contribution in [-0.2, 0) is 4.79 Å². The number of aliphatic carboxylic acids is 1. The second-order valence-corrected chi connectivity index (χ2v) is 5.81. The predicted molar refractivity (Wildman–Crippen MR) is 80.8 cm³/mol. The van der Waals surface area contributed by atoms with E-state index in [4.69, 9.17) is 16.7 Å². The molecule has 0 amide bonds. The summed E-state index contributed by atoms with van der Waals surface area (Å²) in [6, 6.07) is 9.72. The molecule has 4 heteroatoms. The van der Waals surface area contributed by atoms with Gasteiger partial charge < -0.3 is 5.11 Å². The monoisotopic (exact) mass is 292 g/mol. The molecular weight excluding hydrogens is 280 g/mol. The summed E-state index contributed by atoms with van der Waals surface area (Å²) in [6.07, 6.45) is 1.22. The standard InChI is InChI=1S/C15H13ClO2S/c1-9-3-4-11(16)8-12(9)14-6-5-13(19-14)10(2)7-15(17)18/h3-8H,1-2H3,(H,17,18)/b10-7+. The molecule has 98 valence electrons. The summed E-state index contributed by atoms with van der Waals surface area (Å²) in [6.45, 7) is 3.83. The summed E-state index contributed by atoms with van der Waals surface area (Å²) >= 11 is 7.59. The van der Waals surface area contributed by atoms with E-state index in [1.165, 1.54) is 6.08 Å². The van der Waals surface area contributed by atoms with Gasteiger partial charge in [-0.1, -0.05) is 17.7 Å². The number of thiophene rings is 1. The lowest BCUT2D eigenvalue weighted by Gasteiger charge is -2.03. The SMILES string of the molecule is C/C(=C\C(=O)O)c1ccc(-c2cc(Cl)ccc2C)s1. The number of hydrogen-bond donors (Lipinski definition) is 1. The van der Waals surface area contributed by atoms with Gasteiger partial charge in [0.1, 0.15) is 0 Å². The molecule has 1 heterocycles. The van der Waals surface area contributed by atoms with Crippen molar-refractivity contribution >= 4 is 34.5 Å². The van der Waals surface area contributed by atoms with Crippen molar-refractivity contribution < 1.29 is 9.90 Å². The van der Waals surface area contributed by atoms with Gasteiger partial charge in [0.2, 0.25) is 0 Å². The quantitative estimate of drug-likeness (QED) is 0.820. The Labute approximate surface area is 121 Å². The number of rotatable bonds is 3. The maximum atomic E-state index is 10.7. The minimum Gasteiger partial charge on any atom is -0.478 e. The molecule has 0 atom stereocenters. The first-order valence-electron chi connectivity index (χ1n) is 5.75. The zero-order chi connectivity index (χ0) is 14.0. The molecule has 19 heavy (non-hydrogen) atoms. The average molecular weight is 293 g/mol. The molecule has 0 aliphatic carbocycles.